The largest absolute Gasteiger partial charge is 0.456 e. The zero-order valence-corrected chi connectivity index (χ0v) is 22.8. The normalized spacial score (nSPS) is 25.9. The third-order valence-electron chi connectivity index (χ3n) is 7.13. The van der Waals surface area contributed by atoms with Gasteiger partial charge in [-0.25, -0.2) is 9.59 Å². The van der Waals surface area contributed by atoms with Crippen molar-refractivity contribution in [2.24, 2.45) is 11.3 Å². The van der Waals surface area contributed by atoms with E-state index in [-0.39, 0.29) is 63.5 Å². The van der Waals surface area contributed by atoms with Crippen molar-refractivity contribution >= 4 is 17.9 Å². The minimum Gasteiger partial charge on any atom is -0.456 e. The Kier molecular flexibility index (Phi) is 11.5. The minimum atomic E-state index is -0.850. The first-order valence-electron chi connectivity index (χ1n) is 13.4. The molecular weight excluding hydrogens is 510 g/mol. The molecular formula is C27H41N3O9. The monoisotopic (exact) mass is 551 g/mol. The van der Waals surface area contributed by atoms with Crippen LogP contribution in [0.5, 0.6) is 0 Å². The quantitative estimate of drug-likeness (QED) is 0.203. The molecule has 0 aromatic heterocycles. The number of ether oxygens (including phenoxy) is 4. The predicted molar refractivity (Wildman–Crippen MR) is 140 cm³/mol. The summed E-state index contributed by atoms with van der Waals surface area (Å²) in [6.07, 6.45) is -1.10. The summed E-state index contributed by atoms with van der Waals surface area (Å²) in [4.78, 5) is 38.5. The summed E-state index contributed by atoms with van der Waals surface area (Å²) in [5, 5.41) is 24.2. The van der Waals surface area contributed by atoms with Crippen LogP contribution in [0, 0.1) is 11.3 Å². The van der Waals surface area contributed by atoms with Crippen molar-refractivity contribution in [3.63, 3.8) is 0 Å². The average molecular weight is 552 g/mol. The maximum absolute atomic E-state index is 12.8. The van der Waals surface area contributed by atoms with Crippen molar-refractivity contribution in [3.8, 4) is 0 Å². The van der Waals surface area contributed by atoms with E-state index in [4.69, 9.17) is 18.9 Å². The second kappa shape index (κ2) is 14.6. The second-order valence-corrected chi connectivity index (χ2v) is 10.2. The molecule has 5 atom stereocenters. The van der Waals surface area contributed by atoms with Crippen molar-refractivity contribution in [1.29, 1.82) is 0 Å². The van der Waals surface area contributed by atoms with E-state index in [9.17, 15) is 24.6 Å². The molecule has 0 bridgehead atoms. The highest BCUT2D eigenvalue weighted by Crippen LogP contribution is 2.31. The maximum atomic E-state index is 12.8. The summed E-state index contributed by atoms with van der Waals surface area (Å²) in [5.74, 6) is -0.976. The van der Waals surface area contributed by atoms with Crippen LogP contribution in [0.3, 0.4) is 0 Å². The molecule has 12 nitrogen and oxygen atoms in total. The highest BCUT2D eigenvalue weighted by Gasteiger charge is 2.47. The SMILES string of the molecule is CCC1OC(OCCOCCNC(=O)N2CC(CO)(CO)C2)C(NC(C)=O)C(OC(=O)c2ccccc2)C1C. The van der Waals surface area contributed by atoms with E-state index in [0.29, 0.717) is 25.1 Å². The summed E-state index contributed by atoms with van der Waals surface area (Å²) in [5.41, 5.74) is -0.200. The zero-order chi connectivity index (χ0) is 28.4. The third-order valence-corrected chi connectivity index (χ3v) is 7.13. The highest BCUT2D eigenvalue weighted by molar-refractivity contribution is 5.89. The predicted octanol–water partition coefficient (Wildman–Crippen LogP) is 0.517. The molecule has 0 aliphatic carbocycles. The lowest BCUT2D eigenvalue weighted by Crippen LogP contribution is -2.64. The van der Waals surface area contributed by atoms with Crippen molar-refractivity contribution in [1.82, 2.24) is 15.5 Å². The molecule has 39 heavy (non-hydrogen) atoms. The highest BCUT2D eigenvalue weighted by atomic mass is 16.7. The van der Waals surface area contributed by atoms with Crippen LogP contribution in [0.15, 0.2) is 30.3 Å². The van der Waals surface area contributed by atoms with Gasteiger partial charge in [0, 0.05) is 32.5 Å². The number of nitrogens with zero attached hydrogens (tertiary/aromatic N) is 1. The molecule has 12 heteroatoms. The Morgan fingerprint density at radius 3 is 2.41 bits per heavy atom. The number of carbonyl (C=O) groups excluding carboxylic acids is 3. The Morgan fingerprint density at radius 2 is 1.79 bits per heavy atom. The van der Waals surface area contributed by atoms with Gasteiger partial charge in [0.25, 0.3) is 0 Å². The number of carbonyl (C=O) groups is 3. The summed E-state index contributed by atoms with van der Waals surface area (Å²) < 4.78 is 23.5. The lowest BCUT2D eigenvalue weighted by molar-refractivity contribution is -0.251. The number of hydrogen-bond donors (Lipinski definition) is 4. The standard InChI is InChI=1S/C27H41N3O9/c1-4-21-18(2)23(39-24(34)20-8-6-5-7-9-20)22(29-19(3)33)25(38-21)37-13-12-36-11-10-28-26(35)30-14-27(15-30,16-31)17-32/h5-9,18,21-23,25,31-32H,4,10-17H2,1-3H3,(H,28,35)(H,29,33). The average Bonchev–Trinajstić information content (AvgIpc) is 2.91. The fourth-order valence-corrected chi connectivity index (χ4v) is 4.84. The van der Waals surface area contributed by atoms with Crippen LogP contribution < -0.4 is 10.6 Å². The Labute approximate surface area is 228 Å². The van der Waals surface area contributed by atoms with Gasteiger partial charge in [0.05, 0.1) is 50.1 Å². The van der Waals surface area contributed by atoms with Gasteiger partial charge in [-0.1, -0.05) is 32.0 Å². The molecule has 1 aromatic carbocycles. The van der Waals surface area contributed by atoms with E-state index in [2.05, 4.69) is 10.6 Å². The van der Waals surface area contributed by atoms with Crippen LogP contribution in [0.4, 0.5) is 4.79 Å². The second-order valence-electron chi connectivity index (χ2n) is 10.2. The zero-order valence-electron chi connectivity index (χ0n) is 22.8. The Bertz CT molecular complexity index is 936. The lowest BCUT2D eigenvalue weighted by atomic mass is 9.82. The summed E-state index contributed by atoms with van der Waals surface area (Å²) in [7, 11) is 0. The Hall–Kier alpha value is -2.77. The van der Waals surface area contributed by atoms with Gasteiger partial charge < -0.3 is 44.7 Å². The van der Waals surface area contributed by atoms with Crippen LogP contribution in [0.1, 0.15) is 37.6 Å². The van der Waals surface area contributed by atoms with Crippen LogP contribution in [0.25, 0.3) is 0 Å². The van der Waals surface area contributed by atoms with Gasteiger partial charge in [0.15, 0.2) is 6.29 Å². The number of aliphatic hydroxyl groups excluding tert-OH is 2. The van der Waals surface area contributed by atoms with Crippen LogP contribution >= 0.6 is 0 Å². The molecule has 218 valence electrons. The van der Waals surface area contributed by atoms with E-state index in [0.717, 1.165) is 0 Å². The van der Waals surface area contributed by atoms with Crippen LogP contribution in [-0.2, 0) is 23.7 Å². The van der Waals surface area contributed by atoms with Crippen molar-refractivity contribution in [3.05, 3.63) is 35.9 Å². The molecule has 3 rings (SSSR count). The van der Waals surface area contributed by atoms with Gasteiger partial charge in [0.2, 0.25) is 5.91 Å². The van der Waals surface area contributed by atoms with E-state index < -0.39 is 29.8 Å². The van der Waals surface area contributed by atoms with E-state index >= 15 is 0 Å². The summed E-state index contributed by atoms with van der Waals surface area (Å²) in [6, 6.07) is 7.67. The molecule has 2 heterocycles. The smallest absolute Gasteiger partial charge is 0.338 e. The molecule has 5 unspecified atom stereocenters. The fraction of sp³-hybridized carbons (Fsp3) is 0.667. The third kappa shape index (κ3) is 8.12. The number of urea groups is 1. The molecule has 3 amide bonds. The number of rotatable bonds is 13. The van der Waals surface area contributed by atoms with Gasteiger partial charge in [0.1, 0.15) is 12.1 Å². The molecule has 0 spiro atoms. The van der Waals surface area contributed by atoms with Crippen molar-refractivity contribution < 1.29 is 43.5 Å². The number of benzene rings is 1. The topological polar surface area (TPSA) is 156 Å². The molecule has 0 radical (unpaired) electrons. The van der Waals surface area contributed by atoms with Crippen molar-refractivity contribution in [2.45, 2.75) is 51.7 Å². The molecule has 2 aliphatic heterocycles. The first-order valence-corrected chi connectivity index (χ1v) is 13.4. The number of hydrogen-bond acceptors (Lipinski definition) is 9. The molecule has 1 aromatic rings. The Morgan fingerprint density at radius 1 is 1.10 bits per heavy atom. The van der Waals surface area contributed by atoms with Gasteiger partial charge in [-0.15, -0.1) is 0 Å². The summed E-state index contributed by atoms with van der Waals surface area (Å²) >= 11 is 0. The van der Waals surface area contributed by atoms with Crippen LogP contribution in [0.2, 0.25) is 0 Å². The maximum Gasteiger partial charge on any atom is 0.338 e. The molecule has 2 fully saturated rings. The number of aliphatic hydroxyl groups is 2. The Balaban J connectivity index is 1.47. The van der Waals surface area contributed by atoms with Crippen LogP contribution in [-0.4, -0.2) is 110 Å². The minimum absolute atomic E-state index is 0.153. The lowest BCUT2D eigenvalue weighted by Gasteiger charge is -2.47. The van der Waals surface area contributed by atoms with E-state index in [1.54, 1.807) is 24.3 Å². The first kappa shape index (κ1) is 30.8. The number of esters is 1. The molecule has 2 saturated heterocycles. The van der Waals surface area contributed by atoms with Gasteiger partial charge in [-0.05, 0) is 18.6 Å². The number of likely N-dealkylation sites (tertiary alicyclic amines) is 1. The van der Waals surface area contributed by atoms with Gasteiger partial charge in [-0.2, -0.15) is 0 Å². The molecule has 2 aliphatic rings. The van der Waals surface area contributed by atoms with E-state index in [1.807, 2.05) is 19.9 Å². The summed E-state index contributed by atoms with van der Waals surface area (Å²) in [6.45, 7) is 6.44. The van der Waals surface area contributed by atoms with Gasteiger partial charge in [-0.3, -0.25) is 4.79 Å². The molecule has 4 N–H and O–H groups in total. The fourth-order valence-electron chi connectivity index (χ4n) is 4.84. The van der Waals surface area contributed by atoms with Crippen molar-refractivity contribution in [2.75, 3.05) is 52.7 Å². The van der Waals surface area contributed by atoms with E-state index in [1.165, 1.54) is 11.8 Å². The van der Waals surface area contributed by atoms with Gasteiger partial charge >= 0.3 is 12.0 Å². The molecule has 0 saturated carbocycles. The number of nitrogens with one attached hydrogen (secondary N) is 2. The number of amides is 3. The first-order chi connectivity index (χ1) is 18.7.